The second-order valence-electron chi connectivity index (χ2n) is 8.42. The second-order valence-corrected chi connectivity index (χ2v) is 10.5. The molecular weight excluding hydrogens is 427 g/mol. The standard InChI is InChI=1S/C22H33FN2O3S.ClH/c1-2-18-29(27,28)25-16-14-24(15-17-25)22(11-4-3-5-12-22)13-10-21(26)19-6-8-20(23)9-7-19;/h6-9H,2-5,10-18H2,1H3;1H. The van der Waals surface area contributed by atoms with Crippen LogP contribution in [0.5, 0.6) is 0 Å². The third-order valence-electron chi connectivity index (χ3n) is 6.53. The Morgan fingerprint density at radius 2 is 1.63 bits per heavy atom. The highest BCUT2D eigenvalue weighted by Crippen LogP contribution is 2.38. The fraction of sp³-hybridized carbons (Fsp3) is 0.682. The Morgan fingerprint density at radius 3 is 2.20 bits per heavy atom. The number of ketones is 1. The predicted molar refractivity (Wildman–Crippen MR) is 120 cm³/mol. The quantitative estimate of drug-likeness (QED) is 0.543. The number of sulfonamides is 1. The van der Waals surface area contributed by atoms with Crippen molar-refractivity contribution in [3.8, 4) is 0 Å². The van der Waals surface area contributed by atoms with Crippen LogP contribution in [0.2, 0.25) is 0 Å². The van der Waals surface area contributed by atoms with E-state index < -0.39 is 10.0 Å². The Hall–Kier alpha value is -1.02. The van der Waals surface area contributed by atoms with Gasteiger partial charge in [0.15, 0.2) is 5.78 Å². The van der Waals surface area contributed by atoms with Gasteiger partial charge in [-0.2, -0.15) is 4.31 Å². The van der Waals surface area contributed by atoms with Gasteiger partial charge in [-0.1, -0.05) is 26.2 Å². The normalized spacial score (nSPS) is 20.5. The molecule has 30 heavy (non-hydrogen) atoms. The van der Waals surface area contributed by atoms with E-state index in [1.54, 1.807) is 16.4 Å². The maximum absolute atomic E-state index is 13.1. The van der Waals surface area contributed by atoms with Crippen LogP contribution in [0.4, 0.5) is 4.39 Å². The number of hydrogen-bond acceptors (Lipinski definition) is 4. The molecule has 170 valence electrons. The molecule has 1 aromatic carbocycles. The molecule has 0 radical (unpaired) electrons. The van der Waals surface area contributed by atoms with Gasteiger partial charge in [0.25, 0.3) is 0 Å². The van der Waals surface area contributed by atoms with E-state index in [0.29, 0.717) is 31.5 Å². The van der Waals surface area contributed by atoms with Gasteiger partial charge in [0.2, 0.25) is 10.0 Å². The first-order valence-electron chi connectivity index (χ1n) is 10.9. The molecule has 3 rings (SSSR count). The van der Waals surface area contributed by atoms with E-state index in [1.807, 2.05) is 6.92 Å². The molecule has 8 heteroatoms. The molecule has 0 aromatic heterocycles. The number of piperazine rings is 1. The predicted octanol–water partition coefficient (Wildman–Crippen LogP) is 4.27. The second kappa shape index (κ2) is 11.0. The highest BCUT2D eigenvalue weighted by molar-refractivity contribution is 7.89. The van der Waals surface area contributed by atoms with Gasteiger partial charge in [-0.25, -0.2) is 12.8 Å². The Balaban J connectivity index is 0.00000320. The van der Waals surface area contributed by atoms with Crippen molar-refractivity contribution in [1.29, 1.82) is 0 Å². The molecule has 1 saturated carbocycles. The van der Waals surface area contributed by atoms with E-state index in [0.717, 1.165) is 45.2 Å². The van der Waals surface area contributed by atoms with E-state index in [2.05, 4.69) is 4.90 Å². The van der Waals surface area contributed by atoms with E-state index >= 15 is 0 Å². The molecule has 0 bridgehead atoms. The summed E-state index contributed by atoms with van der Waals surface area (Å²) >= 11 is 0. The first-order valence-corrected chi connectivity index (χ1v) is 12.5. The summed E-state index contributed by atoms with van der Waals surface area (Å²) < 4.78 is 39.5. The summed E-state index contributed by atoms with van der Waals surface area (Å²) in [5, 5.41) is 0. The maximum Gasteiger partial charge on any atom is 0.214 e. The van der Waals surface area contributed by atoms with Gasteiger partial charge in [0, 0.05) is 43.7 Å². The van der Waals surface area contributed by atoms with Gasteiger partial charge in [-0.3, -0.25) is 9.69 Å². The van der Waals surface area contributed by atoms with Crippen LogP contribution >= 0.6 is 12.4 Å². The van der Waals surface area contributed by atoms with Crippen molar-refractivity contribution in [2.75, 3.05) is 31.9 Å². The van der Waals surface area contributed by atoms with Crippen LogP contribution in [0.15, 0.2) is 24.3 Å². The molecule has 1 aliphatic carbocycles. The molecule has 0 spiro atoms. The molecule has 2 fully saturated rings. The number of halogens is 2. The van der Waals surface area contributed by atoms with Crippen LogP contribution in [-0.4, -0.2) is 60.9 Å². The minimum absolute atomic E-state index is 0. The molecule has 1 aliphatic heterocycles. The van der Waals surface area contributed by atoms with Crippen molar-refractivity contribution >= 4 is 28.2 Å². The van der Waals surface area contributed by atoms with Crippen LogP contribution < -0.4 is 0 Å². The summed E-state index contributed by atoms with van der Waals surface area (Å²) in [4.78, 5) is 15.1. The van der Waals surface area contributed by atoms with Crippen molar-refractivity contribution in [2.24, 2.45) is 0 Å². The summed E-state index contributed by atoms with van der Waals surface area (Å²) in [7, 11) is -3.15. The molecular formula is C22H34ClFN2O3S. The lowest BCUT2D eigenvalue weighted by molar-refractivity contribution is 0.0165. The van der Waals surface area contributed by atoms with Crippen LogP contribution in [0.25, 0.3) is 0 Å². The molecule has 0 unspecified atom stereocenters. The van der Waals surface area contributed by atoms with Gasteiger partial charge >= 0.3 is 0 Å². The third-order valence-corrected chi connectivity index (χ3v) is 8.61. The molecule has 0 atom stereocenters. The van der Waals surface area contributed by atoms with E-state index in [-0.39, 0.29) is 35.3 Å². The first-order chi connectivity index (χ1) is 13.9. The fourth-order valence-electron chi connectivity index (χ4n) is 4.89. The van der Waals surface area contributed by atoms with Crippen LogP contribution in [0.3, 0.4) is 0 Å². The van der Waals surface area contributed by atoms with E-state index in [4.69, 9.17) is 0 Å². The monoisotopic (exact) mass is 460 g/mol. The van der Waals surface area contributed by atoms with Gasteiger partial charge < -0.3 is 0 Å². The topological polar surface area (TPSA) is 57.7 Å². The summed E-state index contributed by atoms with van der Waals surface area (Å²) in [5.74, 6) is -0.0649. The molecule has 2 aliphatic rings. The number of Topliss-reactive ketones (excluding diaryl/α,β-unsaturated/α-hetero) is 1. The summed E-state index contributed by atoms with van der Waals surface area (Å²) in [6.07, 6.45) is 7.51. The van der Waals surface area contributed by atoms with Crippen LogP contribution in [-0.2, 0) is 10.0 Å². The fourth-order valence-corrected chi connectivity index (χ4v) is 6.38. The zero-order valence-electron chi connectivity index (χ0n) is 17.8. The van der Waals surface area contributed by atoms with Crippen LogP contribution in [0.1, 0.15) is 68.6 Å². The number of carbonyl (C=O) groups excluding carboxylic acids is 1. The SMILES string of the molecule is CCCS(=O)(=O)N1CCN(C2(CCC(=O)c3ccc(F)cc3)CCCCC2)CC1.Cl. The minimum Gasteiger partial charge on any atom is -0.295 e. The Labute approximate surface area is 186 Å². The average molecular weight is 461 g/mol. The van der Waals surface area contributed by atoms with Crippen molar-refractivity contribution in [3.05, 3.63) is 35.6 Å². The maximum atomic E-state index is 13.1. The zero-order valence-corrected chi connectivity index (χ0v) is 19.4. The zero-order chi connectivity index (χ0) is 20.9. The summed E-state index contributed by atoms with van der Waals surface area (Å²) in [6, 6.07) is 5.78. The van der Waals surface area contributed by atoms with Gasteiger partial charge in [0.05, 0.1) is 5.75 Å². The molecule has 5 nitrogen and oxygen atoms in total. The largest absolute Gasteiger partial charge is 0.295 e. The lowest BCUT2D eigenvalue weighted by atomic mass is 9.76. The minimum atomic E-state index is -3.15. The first kappa shape index (κ1) is 25.2. The van der Waals surface area contributed by atoms with Crippen molar-refractivity contribution in [2.45, 2.75) is 63.8 Å². The average Bonchev–Trinajstić information content (AvgIpc) is 2.73. The van der Waals surface area contributed by atoms with Gasteiger partial charge in [0.1, 0.15) is 5.82 Å². The highest BCUT2D eigenvalue weighted by atomic mass is 35.5. The Kier molecular flexibility index (Phi) is 9.28. The van der Waals surface area contributed by atoms with Gasteiger partial charge in [-0.05, 0) is 49.9 Å². The van der Waals surface area contributed by atoms with Crippen molar-refractivity contribution in [1.82, 2.24) is 9.21 Å². The molecule has 1 aromatic rings. The Bertz CT molecular complexity index is 787. The number of carbonyl (C=O) groups is 1. The number of rotatable bonds is 8. The lowest BCUT2D eigenvalue weighted by Gasteiger charge is -2.50. The molecule has 1 saturated heterocycles. The Morgan fingerprint density at radius 1 is 1.03 bits per heavy atom. The summed E-state index contributed by atoms with van der Waals surface area (Å²) in [5.41, 5.74) is 0.544. The number of nitrogens with zero attached hydrogens (tertiary/aromatic N) is 2. The van der Waals surface area contributed by atoms with E-state index in [1.165, 1.54) is 18.6 Å². The lowest BCUT2D eigenvalue weighted by Crippen LogP contribution is -2.58. The van der Waals surface area contributed by atoms with Crippen molar-refractivity contribution in [3.63, 3.8) is 0 Å². The molecule has 0 amide bonds. The molecule has 1 heterocycles. The summed E-state index contributed by atoms with van der Waals surface area (Å²) in [6.45, 7) is 4.43. The van der Waals surface area contributed by atoms with Crippen LogP contribution in [0, 0.1) is 5.82 Å². The molecule has 0 N–H and O–H groups in total. The third kappa shape index (κ3) is 6.02. The smallest absolute Gasteiger partial charge is 0.214 e. The van der Waals surface area contributed by atoms with Gasteiger partial charge in [-0.15, -0.1) is 12.4 Å². The highest BCUT2D eigenvalue weighted by Gasteiger charge is 2.40. The number of benzene rings is 1. The van der Waals surface area contributed by atoms with E-state index in [9.17, 15) is 17.6 Å². The number of hydrogen-bond donors (Lipinski definition) is 0. The van der Waals surface area contributed by atoms with Crippen molar-refractivity contribution < 1.29 is 17.6 Å².